The number of benzene rings is 2. The predicted molar refractivity (Wildman–Crippen MR) is 107 cm³/mol. The van der Waals surface area contributed by atoms with Crippen LogP contribution in [0.15, 0.2) is 42.5 Å². The van der Waals surface area contributed by atoms with Gasteiger partial charge in [-0.1, -0.05) is 24.3 Å². The highest BCUT2D eigenvalue weighted by atomic mass is 16.6. The van der Waals surface area contributed by atoms with Crippen LogP contribution in [0.5, 0.6) is 11.5 Å². The first-order chi connectivity index (χ1) is 14.6. The highest BCUT2D eigenvalue weighted by Gasteiger charge is 2.36. The van der Waals surface area contributed by atoms with E-state index < -0.39 is 5.91 Å². The average molecular weight is 406 g/mol. The zero-order valence-electron chi connectivity index (χ0n) is 16.5. The summed E-state index contributed by atoms with van der Waals surface area (Å²) in [6, 6.07) is 12.7. The van der Waals surface area contributed by atoms with Crippen LogP contribution in [0, 0.1) is 0 Å². The molecule has 0 saturated carbocycles. The minimum absolute atomic E-state index is 0.101. The Labute approximate surface area is 174 Å². The summed E-state index contributed by atoms with van der Waals surface area (Å²) >= 11 is 0. The lowest BCUT2D eigenvalue weighted by Gasteiger charge is -2.31. The van der Waals surface area contributed by atoms with Gasteiger partial charge in [0, 0.05) is 12.1 Å². The van der Waals surface area contributed by atoms with Gasteiger partial charge in [-0.2, -0.15) is 0 Å². The Morgan fingerprint density at radius 3 is 2.70 bits per heavy atom. The van der Waals surface area contributed by atoms with Gasteiger partial charge in [-0.15, -0.1) is 0 Å². The second-order valence-electron chi connectivity index (χ2n) is 7.77. The molecule has 7 heteroatoms. The van der Waals surface area contributed by atoms with Crippen molar-refractivity contribution in [3.63, 3.8) is 0 Å². The van der Waals surface area contributed by atoms with Crippen molar-refractivity contribution in [3.05, 3.63) is 59.2 Å². The lowest BCUT2D eigenvalue weighted by atomic mass is 9.98. The zero-order chi connectivity index (χ0) is 20.7. The molecule has 3 aliphatic heterocycles. The largest absolute Gasteiger partial charge is 0.486 e. The Balaban J connectivity index is 1.35. The van der Waals surface area contributed by atoms with Crippen LogP contribution in [-0.2, 0) is 16.0 Å². The highest BCUT2D eigenvalue weighted by Crippen LogP contribution is 2.38. The molecular weight excluding hydrogens is 384 g/mol. The summed E-state index contributed by atoms with van der Waals surface area (Å²) in [5.74, 6) is 0.459. The molecule has 5 rings (SSSR count). The number of fused-ring (bicyclic) bond motifs is 2. The number of carbonyl (C=O) groups is 3. The Hall–Kier alpha value is -3.35. The fraction of sp³-hybridized carbons (Fsp3) is 0.348. The van der Waals surface area contributed by atoms with Gasteiger partial charge in [-0.25, -0.2) is 0 Å². The fourth-order valence-electron chi connectivity index (χ4n) is 4.47. The number of likely N-dealkylation sites (tertiary alicyclic amines) is 1. The third-order valence-corrected chi connectivity index (χ3v) is 5.95. The maximum absolute atomic E-state index is 13.1. The van der Waals surface area contributed by atoms with Crippen LogP contribution in [0.2, 0.25) is 0 Å². The van der Waals surface area contributed by atoms with Crippen LogP contribution < -0.4 is 9.47 Å². The van der Waals surface area contributed by atoms with E-state index in [2.05, 4.69) is 0 Å². The van der Waals surface area contributed by atoms with Gasteiger partial charge in [0.25, 0.3) is 5.91 Å². The van der Waals surface area contributed by atoms with Crippen molar-refractivity contribution < 1.29 is 23.9 Å². The van der Waals surface area contributed by atoms with E-state index >= 15 is 0 Å². The highest BCUT2D eigenvalue weighted by molar-refractivity contribution is 6.11. The van der Waals surface area contributed by atoms with E-state index in [9.17, 15) is 14.4 Å². The van der Waals surface area contributed by atoms with Crippen molar-refractivity contribution in [1.29, 1.82) is 0 Å². The fourth-order valence-corrected chi connectivity index (χ4v) is 4.47. The van der Waals surface area contributed by atoms with Crippen LogP contribution in [0.1, 0.15) is 40.4 Å². The third-order valence-electron chi connectivity index (χ3n) is 5.95. The molecule has 0 bridgehead atoms. The average Bonchev–Trinajstić information content (AvgIpc) is 3.26. The number of amides is 3. The molecule has 1 unspecified atom stereocenters. The monoisotopic (exact) mass is 406 g/mol. The molecule has 3 heterocycles. The standard InChI is InChI=1S/C23H22N2O5/c26-21-13-15-4-1-2-5-17(15)23(28)25(21)14-22(27)24-9-3-6-18(24)16-7-8-19-20(12-16)30-11-10-29-19/h1-2,4-5,7-8,12,18H,3,6,9-11,13-14H2. The van der Waals surface area contributed by atoms with Gasteiger partial charge in [-0.05, 0) is 42.2 Å². The number of imide groups is 1. The summed E-state index contributed by atoms with van der Waals surface area (Å²) in [6.07, 6.45) is 1.84. The summed E-state index contributed by atoms with van der Waals surface area (Å²) in [7, 11) is 0. The van der Waals surface area contributed by atoms with Gasteiger partial charge in [0.1, 0.15) is 19.8 Å². The summed E-state index contributed by atoms with van der Waals surface area (Å²) in [5.41, 5.74) is 2.19. The van der Waals surface area contributed by atoms with Crippen LogP contribution in [-0.4, -0.2) is 53.8 Å². The summed E-state index contributed by atoms with van der Waals surface area (Å²) in [6.45, 7) is 1.41. The number of nitrogens with zero attached hydrogens (tertiary/aromatic N) is 2. The van der Waals surface area contributed by atoms with Crippen LogP contribution in [0.25, 0.3) is 0 Å². The SMILES string of the molecule is O=C1Cc2ccccc2C(=O)N1CC(=O)N1CCCC1c1ccc2c(c1)OCCO2. The first kappa shape index (κ1) is 18.7. The zero-order valence-corrected chi connectivity index (χ0v) is 16.5. The number of carbonyl (C=O) groups excluding carboxylic acids is 3. The molecule has 2 aromatic carbocycles. The van der Waals surface area contributed by atoms with Crippen LogP contribution in [0.4, 0.5) is 0 Å². The van der Waals surface area contributed by atoms with Crippen LogP contribution >= 0.6 is 0 Å². The summed E-state index contributed by atoms with van der Waals surface area (Å²) in [5, 5.41) is 0. The molecule has 2 aromatic rings. The molecule has 0 spiro atoms. The van der Waals surface area contributed by atoms with E-state index in [0.29, 0.717) is 42.4 Å². The lowest BCUT2D eigenvalue weighted by Crippen LogP contribution is -2.48. The molecule has 3 aliphatic rings. The smallest absolute Gasteiger partial charge is 0.261 e. The van der Waals surface area contributed by atoms with Gasteiger partial charge < -0.3 is 14.4 Å². The van der Waals surface area contributed by atoms with Crippen molar-refractivity contribution in [3.8, 4) is 11.5 Å². The van der Waals surface area contributed by atoms with Gasteiger partial charge in [-0.3, -0.25) is 19.3 Å². The van der Waals surface area contributed by atoms with Gasteiger partial charge >= 0.3 is 0 Å². The maximum Gasteiger partial charge on any atom is 0.261 e. The first-order valence-electron chi connectivity index (χ1n) is 10.2. The minimum atomic E-state index is -0.398. The molecule has 1 fully saturated rings. The second kappa shape index (κ2) is 7.48. The molecule has 3 amide bonds. The minimum Gasteiger partial charge on any atom is -0.486 e. The Morgan fingerprint density at radius 1 is 1.03 bits per heavy atom. The van der Waals surface area contributed by atoms with Gasteiger partial charge in [0.2, 0.25) is 11.8 Å². The van der Waals surface area contributed by atoms with Crippen molar-refractivity contribution in [2.45, 2.75) is 25.3 Å². The van der Waals surface area contributed by atoms with Crippen molar-refractivity contribution >= 4 is 17.7 Å². The molecule has 7 nitrogen and oxygen atoms in total. The van der Waals surface area contributed by atoms with E-state index in [4.69, 9.17) is 9.47 Å². The Bertz CT molecular complexity index is 1030. The molecular formula is C23H22N2O5. The molecule has 0 radical (unpaired) electrons. The Morgan fingerprint density at radius 2 is 1.83 bits per heavy atom. The molecule has 1 atom stereocenters. The molecule has 0 N–H and O–H groups in total. The normalized spacial score (nSPS) is 20.3. The number of hydrogen-bond donors (Lipinski definition) is 0. The van der Waals surface area contributed by atoms with E-state index in [1.54, 1.807) is 23.1 Å². The first-order valence-corrected chi connectivity index (χ1v) is 10.2. The Kier molecular flexibility index (Phi) is 4.65. The second-order valence-corrected chi connectivity index (χ2v) is 7.77. The van der Waals surface area contributed by atoms with Gasteiger partial charge in [0.05, 0.1) is 12.5 Å². The number of ether oxygens (including phenoxy) is 2. The quantitative estimate of drug-likeness (QED) is 0.732. The number of rotatable bonds is 3. The maximum atomic E-state index is 13.1. The topological polar surface area (TPSA) is 76.2 Å². The third kappa shape index (κ3) is 3.20. The van der Waals surface area contributed by atoms with Crippen molar-refractivity contribution in [1.82, 2.24) is 9.80 Å². The van der Waals surface area contributed by atoms with E-state index in [1.165, 1.54) is 0 Å². The van der Waals surface area contributed by atoms with E-state index in [-0.39, 0.29) is 30.8 Å². The van der Waals surface area contributed by atoms with E-state index in [0.717, 1.165) is 23.3 Å². The van der Waals surface area contributed by atoms with Crippen molar-refractivity contribution in [2.24, 2.45) is 0 Å². The van der Waals surface area contributed by atoms with Crippen molar-refractivity contribution in [2.75, 3.05) is 26.3 Å². The lowest BCUT2D eigenvalue weighted by molar-refractivity contribution is -0.139. The van der Waals surface area contributed by atoms with Gasteiger partial charge in [0.15, 0.2) is 11.5 Å². The molecule has 0 aliphatic carbocycles. The van der Waals surface area contributed by atoms with E-state index in [1.807, 2.05) is 24.3 Å². The molecule has 1 saturated heterocycles. The molecule has 0 aromatic heterocycles. The van der Waals surface area contributed by atoms with Crippen LogP contribution in [0.3, 0.4) is 0 Å². The molecule has 154 valence electrons. The number of hydrogen-bond acceptors (Lipinski definition) is 5. The summed E-state index contributed by atoms with van der Waals surface area (Å²) < 4.78 is 11.3. The summed E-state index contributed by atoms with van der Waals surface area (Å²) in [4.78, 5) is 41.3. The predicted octanol–water partition coefficient (Wildman–Crippen LogP) is 2.35. The molecule has 30 heavy (non-hydrogen) atoms.